The molecule has 1 aliphatic rings. The Hall–Kier alpha value is -3.56. The summed E-state index contributed by atoms with van der Waals surface area (Å²) in [4.78, 5) is 20.8. The summed E-state index contributed by atoms with van der Waals surface area (Å²) in [6.07, 6.45) is 1.47. The number of amides is 1. The van der Waals surface area contributed by atoms with E-state index in [2.05, 4.69) is 4.98 Å². The molecule has 1 fully saturated rings. The van der Waals surface area contributed by atoms with Crippen LogP contribution in [0.15, 0.2) is 85.7 Å². The van der Waals surface area contributed by atoms with Gasteiger partial charge in [-0.25, -0.2) is 8.42 Å². The molecule has 1 aliphatic heterocycles. The van der Waals surface area contributed by atoms with Gasteiger partial charge in [-0.1, -0.05) is 29.3 Å². The summed E-state index contributed by atoms with van der Waals surface area (Å²) in [5.74, 6) is 0.432. The van der Waals surface area contributed by atoms with Crippen molar-refractivity contribution < 1.29 is 22.0 Å². The number of hydrogen-bond acceptors (Lipinski definition) is 7. The summed E-state index contributed by atoms with van der Waals surface area (Å²) < 4.78 is 38.4. The first kappa shape index (κ1) is 23.2. The van der Waals surface area contributed by atoms with Crippen LogP contribution < -0.4 is 4.90 Å². The molecule has 0 saturated carbocycles. The number of anilines is 1. The Morgan fingerprint density at radius 3 is 2.29 bits per heavy atom. The average Bonchev–Trinajstić information content (AvgIpc) is 3.55. The van der Waals surface area contributed by atoms with Crippen molar-refractivity contribution in [2.24, 2.45) is 0 Å². The molecule has 0 N–H and O–H groups in total. The summed E-state index contributed by atoms with van der Waals surface area (Å²) in [5.41, 5.74) is 1.49. The third kappa shape index (κ3) is 4.56. The number of benzene rings is 2. The van der Waals surface area contributed by atoms with Gasteiger partial charge in [0.05, 0.1) is 11.2 Å². The van der Waals surface area contributed by atoms with E-state index in [0.29, 0.717) is 42.5 Å². The predicted molar refractivity (Wildman–Crippen MR) is 130 cm³/mol. The van der Waals surface area contributed by atoms with Gasteiger partial charge in [0, 0.05) is 36.8 Å². The highest BCUT2D eigenvalue weighted by atomic mass is 35.5. The smallest absolute Gasteiger partial charge is 0.266 e. The van der Waals surface area contributed by atoms with E-state index in [-0.39, 0.29) is 27.6 Å². The fraction of sp³-hybridized carbons (Fsp3) is 0.200. The minimum atomic E-state index is -3.96. The number of piperazine rings is 1. The maximum atomic E-state index is 13.5. The number of sulfone groups is 1. The first-order valence-corrected chi connectivity index (χ1v) is 12.9. The van der Waals surface area contributed by atoms with Crippen LogP contribution in [0.1, 0.15) is 15.9 Å². The minimum Gasteiger partial charge on any atom is -0.459 e. The van der Waals surface area contributed by atoms with Crippen molar-refractivity contribution in [1.82, 2.24) is 9.88 Å². The molecule has 0 aliphatic carbocycles. The van der Waals surface area contributed by atoms with Crippen molar-refractivity contribution in [2.75, 3.05) is 31.1 Å². The third-order valence-corrected chi connectivity index (χ3v) is 7.76. The maximum Gasteiger partial charge on any atom is 0.266 e. The molecule has 8 nitrogen and oxygen atoms in total. The van der Waals surface area contributed by atoms with Crippen LogP contribution in [-0.2, 0) is 9.84 Å². The summed E-state index contributed by atoms with van der Waals surface area (Å²) in [7, 11) is -3.96. The summed E-state index contributed by atoms with van der Waals surface area (Å²) in [6, 6.07) is 16.6. The molecule has 1 amide bonds. The van der Waals surface area contributed by atoms with Crippen LogP contribution in [0, 0.1) is 6.92 Å². The number of rotatable bonds is 5. The lowest BCUT2D eigenvalue weighted by molar-refractivity contribution is 0.0745. The summed E-state index contributed by atoms with van der Waals surface area (Å²) in [6.45, 7) is 3.42. The van der Waals surface area contributed by atoms with Crippen LogP contribution in [0.5, 0.6) is 0 Å². The van der Waals surface area contributed by atoms with Crippen LogP contribution in [0.2, 0.25) is 5.02 Å². The second-order valence-corrected chi connectivity index (χ2v) is 10.5. The zero-order valence-corrected chi connectivity index (χ0v) is 20.4. The van der Waals surface area contributed by atoms with Crippen molar-refractivity contribution in [3.8, 4) is 11.7 Å². The fourth-order valence-corrected chi connectivity index (χ4v) is 5.34. The van der Waals surface area contributed by atoms with Crippen molar-refractivity contribution in [2.45, 2.75) is 16.8 Å². The van der Waals surface area contributed by atoms with Crippen LogP contribution in [0.25, 0.3) is 11.7 Å². The Labute approximate surface area is 207 Å². The molecular weight excluding hydrogens is 490 g/mol. The highest BCUT2D eigenvalue weighted by Crippen LogP contribution is 2.35. The second kappa shape index (κ2) is 9.24. The molecule has 35 heavy (non-hydrogen) atoms. The third-order valence-electron chi connectivity index (χ3n) is 5.84. The van der Waals surface area contributed by atoms with E-state index < -0.39 is 9.84 Å². The maximum absolute atomic E-state index is 13.5. The predicted octanol–water partition coefficient (Wildman–Crippen LogP) is 4.69. The normalized spacial score (nSPS) is 14.3. The van der Waals surface area contributed by atoms with Crippen molar-refractivity contribution in [1.29, 1.82) is 0 Å². The summed E-state index contributed by atoms with van der Waals surface area (Å²) >= 11 is 5.93. The van der Waals surface area contributed by atoms with Crippen LogP contribution in [0.3, 0.4) is 0 Å². The number of carbonyl (C=O) groups is 1. The zero-order valence-electron chi connectivity index (χ0n) is 18.8. The Morgan fingerprint density at radius 2 is 1.66 bits per heavy atom. The van der Waals surface area contributed by atoms with Gasteiger partial charge in [-0.15, -0.1) is 0 Å². The Kier molecular flexibility index (Phi) is 6.12. The fourth-order valence-electron chi connectivity index (χ4n) is 3.90. The molecule has 4 aromatic rings. The SMILES string of the molecule is Cc1ccc(S(=O)(=O)c2nc(-c3ccco3)oc2N2CCN(C(=O)c3ccc(Cl)cc3)CC2)cc1. The quantitative estimate of drug-likeness (QED) is 0.383. The Balaban J connectivity index is 1.44. The highest BCUT2D eigenvalue weighted by Gasteiger charge is 2.34. The first-order valence-electron chi connectivity index (χ1n) is 11.0. The standard InChI is InChI=1S/C25H22ClN3O5S/c1-17-4-10-20(11-5-17)35(31,32)23-25(34-22(27-23)21-3-2-16-33-21)29-14-12-28(13-15-29)24(30)18-6-8-19(26)9-7-18/h2-11,16H,12-15H2,1H3. The van der Waals surface area contributed by atoms with Gasteiger partial charge in [-0.2, -0.15) is 4.98 Å². The molecule has 0 bridgehead atoms. The largest absolute Gasteiger partial charge is 0.459 e. The lowest BCUT2D eigenvalue weighted by atomic mass is 10.2. The van der Waals surface area contributed by atoms with E-state index in [1.807, 2.05) is 6.92 Å². The summed E-state index contributed by atoms with van der Waals surface area (Å²) in [5, 5.41) is 0.386. The lowest BCUT2D eigenvalue weighted by Crippen LogP contribution is -2.49. The molecule has 0 atom stereocenters. The van der Waals surface area contributed by atoms with E-state index in [1.165, 1.54) is 6.26 Å². The number of oxazole rings is 1. The van der Waals surface area contributed by atoms with Crippen LogP contribution >= 0.6 is 11.6 Å². The molecule has 5 rings (SSSR count). The van der Waals surface area contributed by atoms with Gasteiger partial charge in [0.25, 0.3) is 11.8 Å². The second-order valence-electron chi connectivity index (χ2n) is 8.21. The van der Waals surface area contributed by atoms with Gasteiger partial charge in [0.2, 0.25) is 20.7 Å². The molecular formula is C25H22ClN3O5S. The molecule has 10 heteroatoms. The number of furan rings is 1. The monoisotopic (exact) mass is 511 g/mol. The van der Waals surface area contributed by atoms with Crippen molar-refractivity contribution >= 4 is 33.2 Å². The van der Waals surface area contributed by atoms with Crippen molar-refractivity contribution in [3.63, 3.8) is 0 Å². The molecule has 180 valence electrons. The number of carbonyl (C=O) groups excluding carboxylic acids is 1. The minimum absolute atomic E-state index is 0.0790. The van der Waals surface area contributed by atoms with Gasteiger partial charge in [0.15, 0.2) is 5.76 Å². The van der Waals surface area contributed by atoms with E-state index in [0.717, 1.165) is 5.56 Å². The molecule has 1 saturated heterocycles. The lowest BCUT2D eigenvalue weighted by Gasteiger charge is -2.34. The molecule has 2 aromatic heterocycles. The Morgan fingerprint density at radius 1 is 0.971 bits per heavy atom. The first-order chi connectivity index (χ1) is 16.8. The van der Waals surface area contributed by atoms with Gasteiger partial charge in [0.1, 0.15) is 0 Å². The number of nitrogens with zero attached hydrogens (tertiary/aromatic N) is 3. The average molecular weight is 512 g/mol. The zero-order chi connectivity index (χ0) is 24.6. The Bertz CT molecular complexity index is 1440. The van der Waals surface area contributed by atoms with Crippen molar-refractivity contribution in [3.05, 3.63) is 83.1 Å². The van der Waals surface area contributed by atoms with Crippen LogP contribution in [0.4, 0.5) is 5.88 Å². The molecule has 0 radical (unpaired) electrons. The van der Waals surface area contributed by atoms with Gasteiger partial charge in [-0.3, -0.25) is 4.79 Å². The van der Waals surface area contributed by atoms with Gasteiger partial charge in [-0.05, 0) is 55.5 Å². The molecule has 3 heterocycles. The van der Waals surface area contributed by atoms with E-state index in [1.54, 1.807) is 70.5 Å². The molecule has 2 aromatic carbocycles. The number of aryl methyl sites for hydroxylation is 1. The highest BCUT2D eigenvalue weighted by molar-refractivity contribution is 7.91. The van der Waals surface area contributed by atoms with Gasteiger partial charge < -0.3 is 18.6 Å². The van der Waals surface area contributed by atoms with Gasteiger partial charge >= 0.3 is 0 Å². The molecule has 0 unspecified atom stereocenters. The number of halogens is 1. The van der Waals surface area contributed by atoms with E-state index >= 15 is 0 Å². The van der Waals surface area contributed by atoms with Crippen LogP contribution in [-0.4, -0.2) is 50.4 Å². The molecule has 0 spiro atoms. The topological polar surface area (TPSA) is 96.9 Å². The number of hydrogen-bond donors (Lipinski definition) is 0. The number of aromatic nitrogens is 1. The van der Waals surface area contributed by atoms with E-state index in [4.69, 9.17) is 20.4 Å². The van der Waals surface area contributed by atoms with E-state index in [9.17, 15) is 13.2 Å².